The van der Waals surface area contributed by atoms with E-state index in [0.29, 0.717) is 69.2 Å². The van der Waals surface area contributed by atoms with E-state index in [4.69, 9.17) is 16.3 Å². The molecule has 178 valence electrons. The molecule has 0 N–H and O–H groups in total. The van der Waals surface area contributed by atoms with Gasteiger partial charge in [0.1, 0.15) is 0 Å². The number of amides is 2. The van der Waals surface area contributed by atoms with Crippen molar-refractivity contribution in [1.82, 2.24) is 29.6 Å². The summed E-state index contributed by atoms with van der Waals surface area (Å²) in [6, 6.07) is 4.67. The number of hydrogen-bond acceptors (Lipinski definition) is 6. The molecule has 4 rings (SSSR count). The number of nitrogens with zero attached hydrogens (tertiary/aromatic N) is 6. The van der Waals surface area contributed by atoms with Crippen LogP contribution in [0.4, 0.5) is 4.79 Å². The van der Waals surface area contributed by atoms with Crippen LogP contribution in [0, 0.1) is 12.8 Å². The first-order valence-electron chi connectivity index (χ1n) is 11.4. The van der Waals surface area contributed by atoms with E-state index in [1.165, 1.54) is 0 Å². The standard InChI is InChI=1S/C22H29ClN6O4/c1-3-27(17-9-7-16(8-10-17)20(30)26-11-13-33-14-12-26)21(31)29-22(32)28(24-25-29)19-15(2)5-4-6-18(19)23/h4-6,16-17H,3,7-14H2,1-2H3. The van der Waals surface area contributed by atoms with Crippen LogP contribution < -0.4 is 5.69 Å². The predicted molar refractivity (Wildman–Crippen MR) is 122 cm³/mol. The second-order valence-corrected chi connectivity index (χ2v) is 8.91. The van der Waals surface area contributed by atoms with Crippen LogP contribution in [0.1, 0.15) is 38.2 Å². The first-order valence-corrected chi connectivity index (χ1v) is 11.8. The van der Waals surface area contributed by atoms with Crippen LogP contribution in [-0.2, 0) is 9.53 Å². The smallest absolute Gasteiger partial charge is 0.377 e. The van der Waals surface area contributed by atoms with Crippen LogP contribution in [-0.4, -0.2) is 80.4 Å². The fourth-order valence-electron chi connectivity index (χ4n) is 4.75. The van der Waals surface area contributed by atoms with Crippen molar-refractivity contribution in [3.05, 3.63) is 39.3 Å². The molecule has 1 aliphatic carbocycles. The number of ether oxygens (including phenoxy) is 1. The van der Waals surface area contributed by atoms with Gasteiger partial charge in [-0.3, -0.25) is 4.79 Å². The summed E-state index contributed by atoms with van der Waals surface area (Å²) in [7, 11) is 0. The predicted octanol–water partition coefficient (Wildman–Crippen LogP) is 2.10. The van der Waals surface area contributed by atoms with Crippen molar-refractivity contribution in [2.24, 2.45) is 5.92 Å². The van der Waals surface area contributed by atoms with Crippen molar-refractivity contribution in [3.63, 3.8) is 0 Å². The second-order valence-electron chi connectivity index (χ2n) is 8.50. The fourth-order valence-corrected chi connectivity index (χ4v) is 5.05. The van der Waals surface area contributed by atoms with E-state index in [9.17, 15) is 14.4 Å². The first kappa shape index (κ1) is 23.4. The molecule has 1 saturated carbocycles. The van der Waals surface area contributed by atoms with Gasteiger partial charge in [0.15, 0.2) is 0 Å². The lowest BCUT2D eigenvalue weighted by Gasteiger charge is -2.37. The van der Waals surface area contributed by atoms with Gasteiger partial charge in [-0.05, 0) is 61.6 Å². The number of aromatic nitrogens is 4. The SMILES string of the molecule is CCN(C(=O)n1nnn(-c2c(C)cccc2Cl)c1=O)C1CCC(C(=O)N2CCOCC2)CC1. The summed E-state index contributed by atoms with van der Waals surface area (Å²) in [5, 5.41) is 8.09. The average molecular weight is 477 g/mol. The molecule has 2 aliphatic rings. The lowest BCUT2D eigenvalue weighted by atomic mass is 9.84. The Morgan fingerprint density at radius 3 is 2.48 bits per heavy atom. The van der Waals surface area contributed by atoms with E-state index in [-0.39, 0.29) is 17.9 Å². The van der Waals surface area contributed by atoms with Gasteiger partial charge in [0, 0.05) is 31.6 Å². The van der Waals surface area contributed by atoms with E-state index in [0.717, 1.165) is 14.9 Å². The number of morpholine rings is 1. The van der Waals surface area contributed by atoms with Gasteiger partial charge < -0.3 is 14.5 Å². The van der Waals surface area contributed by atoms with Crippen LogP contribution in [0.15, 0.2) is 23.0 Å². The number of aryl methyl sites for hydroxylation is 1. The summed E-state index contributed by atoms with van der Waals surface area (Å²) in [6.45, 7) is 6.56. The third-order valence-electron chi connectivity index (χ3n) is 6.56. The minimum atomic E-state index is -0.661. The molecule has 0 bridgehead atoms. The Hall–Kier alpha value is -2.72. The quantitative estimate of drug-likeness (QED) is 0.626. The molecule has 2 fully saturated rings. The maximum absolute atomic E-state index is 13.2. The Morgan fingerprint density at radius 2 is 1.85 bits per heavy atom. The van der Waals surface area contributed by atoms with Gasteiger partial charge in [-0.25, -0.2) is 9.59 Å². The zero-order valence-electron chi connectivity index (χ0n) is 18.9. The van der Waals surface area contributed by atoms with Gasteiger partial charge in [-0.15, -0.1) is 4.68 Å². The zero-order valence-corrected chi connectivity index (χ0v) is 19.7. The number of carbonyl (C=O) groups excluding carboxylic acids is 2. The molecular weight excluding hydrogens is 448 g/mol. The van der Waals surface area contributed by atoms with Crippen molar-refractivity contribution in [2.45, 2.75) is 45.6 Å². The summed E-state index contributed by atoms with van der Waals surface area (Å²) in [6.07, 6.45) is 2.83. The number of para-hydroxylation sites is 1. The third-order valence-corrected chi connectivity index (χ3v) is 6.86. The van der Waals surface area contributed by atoms with Crippen LogP contribution in [0.25, 0.3) is 5.69 Å². The van der Waals surface area contributed by atoms with Crippen LogP contribution in [0.2, 0.25) is 5.02 Å². The number of carbonyl (C=O) groups is 2. The molecule has 1 aliphatic heterocycles. The van der Waals surface area contributed by atoms with Gasteiger partial charge in [-0.1, -0.05) is 23.7 Å². The van der Waals surface area contributed by atoms with Crippen molar-refractivity contribution in [3.8, 4) is 5.69 Å². The third kappa shape index (κ3) is 4.67. The molecule has 11 heteroatoms. The molecule has 0 spiro atoms. The molecule has 2 heterocycles. The van der Waals surface area contributed by atoms with Crippen molar-refractivity contribution >= 4 is 23.5 Å². The average Bonchev–Trinajstić information content (AvgIpc) is 3.21. The number of rotatable bonds is 4. The normalized spacial score (nSPS) is 21.1. The number of benzene rings is 1. The monoisotopic (exact) mass is 476 g/mol. The van der Waals surface area contributed by atoms with Crippen LogP contribution in [0.5, 0.6) is 0 Å². The summed E-state index contributed by atoms with van der Waals surface area (Å²) in [5.41, 5.74) is 0.499. The molecule has 10 nitrogen and oxygen atoms in total. The highest BCUT2D eigenvalue weighted by Gasteiger charge is 2.34. The minimum absolute atomic E-state index is 0.0278. The Bertz CT molecular complexity index is 1050. The van der Waals surface area contributed by atoms with Crippen molar-refractivity contribution in [2.75, 3.05) is 32.8 Å². The topological polar surface area (TPSA) is 103 Å². The zero-order chi connectivity index (χ0) is 23.5. The van der Waals surface area contributed by atoms with Gasteiger partial charge >= 0.3 is 11.7 Å². The second kappa shape index (κ2) is 10.0. The summed E-state index contributed by atoms with van der Waals surface area (Å²) in [5.74, 6) is 0.153. The molecule has 1 saturated heterocycles. The molecule has 2 amide bonds. The Kier molecular flexibility index (Phi) is 7.14. The van der Waals surface area contributed by atoms with Gasteiger partial charge in [-0.2, -0.15) is 4.68 Å². The van der Waals surface area contributed by atoms with Crippen molar-refractivity contribution in [1.29, 1.82) is 0 Å². The van der Waals surface area contributed by atoms with E-state index in [1.807, 2.05) is 24.8 Å². The number of hydrogen-bond donors (Lipinski definition) is 0. The van der Waals surface area contributed by atoms with E-state index in [1.54, 1.807) is 17.0 Å². The Balaban J connectivity index is 1.46. The highest BCUT2D eigenvalue weighted by molar-refractivity contribution is 6.32. The highest BCUT2D eigenvalue weighted by Crippen LogP contribution is 2.29. The molecule has 1 aromatic carbocycles. The van der Waals surface area contributed by atoms with Crippen LogP contribution >= 0.6 is 11.6 Å². The minimum Gasteiger partial charge on any atom is -0.378 e. The Morgan fingerprint density at radius 1 is 1.15 bits per heavy atom. The summed E-state index contributed by atoms with van der Waals surface area (Å²) < 4.78 is 7.18. The van der Waals surface area contributed by atoms with E-state index >= 15 is 0 Å². The largest absolute Gasteiger partial charge is 0.378 e. The number of tetrazole rings is 1. The van der Waals surface area contributed by atoms with Crippen molar-refractivity contribution < 1.29 is 14.3 Å². The van der Waals surface area contributed by atoms with E-state index < -0.39 is 11.7 Å². The van der Waals surface area contributed by atoms with E-state index in [2.05, 4.69) is 10.4 Å². The lowest BCUT2D eigenvalue weighted by Crippen LogP contribution is -2.49. The highest BCUT2D eigenvalue weighted by atomic mass is 35.5. The number of halogens is 1. The maximum atomic E-state index is 13.2. The molecule has 0 radical (unpaired) electrons. The molecule has 2 aromatic rings. The van der Waals surface area contributed by atoms with Gasteiger partial charge in [0.05, 0.1) is 23.9 Å². The molecule has 0 atom stereocenters. The maximum Gasteiger partial charge on any atom is 0.377 e. The molecule has 1 aromatic heterocycles. The molecule has 33 heavy (non-hydrogen) atoms. The van der Waals surface area contributed by atoms with Gasteiger partial charge in [0.25, 0.3) is 0 Å². The summed E-state index contributed by atoms with van der Waals surface area (Å²) in [4.78, 5) is 42.5. The molecular formula is C22H29ClN6O4. The lowest BCUT2D eigenvalue weighted by molar-refractivity contribution is -0.141. The summed E-state index contributed by atoms with van der Waals surface area (Å²) >= 11 is 6.26. The molecule has 0 unspecified atom stereocenters. The fraction of sp³-hybridized carbons (Fsp3) is 0.591. The first-order chi connectivity index (χ1) is 15.9. The van der Waals surface area contributed by atoms with Gasteiger partial charge in [0.2, 0.25) is 5.91 Å². The van der Waals surface area contributed by atoms with Crippen LogP contribution in [0.3, 0.4) is 0 Å². The Labute approximate surface area is 197 Å².